The summed E-state index contributed by atoms with van der Waals surface area (Å²) in [6.45, 7) is 8.79. The number of carbonyl (C=O) groups excluding carboxylic acids is 1. The van der Waals surface area contributed by atoms with Crippen LogP contribution in [0.4, 0.5) is 0 Å². The van der Waals surface area contributed by atoms with Gasteiger partial charge in [-0.25, -0.2) is 4.68 Å². The Morgan fingerprint density at radius 3 is 2.44 bits per heavy atom. The van der Waals surface area contributed by atoms with Gasteiger partial charge in [-0.1, -0.05) is 32.0 Å². The molecule has 3 rings (SSSR count). The van der Waals surface area contributed by atoms with Crippen molar-refractivity contribution in [1.82, 2.24) is 19.6 Å². The van der Waals surface area contributed by atoms with Crippen molar-refractivity contribution < 1.29 is 9.53 Å². The van der Waals surface area contributed by atoms with E-state index in [4.69, 9.17) is 4.74 Å². The number of nitrogens with zero attached hydrogens (tertiary/aromatic N) is 4. The van der Waals surface area contributed by atoms with Crippen LogP contribution in [0.2, 0.25) is 0 Å². The molecule has 1 aliphatic heterocycles. The van der Waals surface area contributed by atoms with Crippen molar-refractivity contribution in [3.8, 4) is 11.4 Å². The molecule has 0 aliphatic carbocycles. The molecule has 2 heterocycles. The maximum Gasteiger partial charge on any atom is 0.278 e. The number of ether oxygens (including phenoxy) is 1. The van der Waals surface area contributed by atoms with Gasteiger partial charge in [-0.05, 0) is 18.1 Å². The smallest absolute Gasteiger partial charge is 0.278 e. The summed E-state index contributed by atoms with van der Waals surface area (Å²) in [5.74, 6) is 1.10. The summed E-state index contributed by atoms with van der Waals surface area (Å²) in [6.07, 6.45) is 1.76. The highest BCUT2D eigenvalue weighted by molar-refractivity contribution is 5.95. The number of benzene rings is 1. The Hall–Kier alpha value is -2.34. The van der Waals surface area contributed by atoms with E-state index in [1.807, 2.05) is 35.2 Å². The number of rotatable bonds is 5. The van der Waals surface area contributed by atoms with Crippen LogP contribution in [-0.2, 0) is 0 Å². The number of aromatic nitrogens is 2. The van der Waals surface area contributed by atoms with Crippen molar-refractivity contribution in [3.63, 3.8) is 0 Å². The van der Waals surface area contributed by atoms with Crippen molar-refractivity contribution >= 4 is 5.91 Å². The van der Waals surface area contributed by atoms with Crippen LogP contribution in [0.3, 0.4) is 0 Å². The van der Waals surface area contributed by atoms with Crippen molar-refractivity contribution in [3.05, 3.63) is 42.2 Å². The Kier molecular flexibility index (Phi) is 5.38. The van der Waals surface area contributed by atoms with Gasteiger partial charge in [-0.2, -0.15) is 5.10 Å². The molecule has 25 heavy (non-hydrogen) atoms. The van der Waals surface area contributed by atoms with Gasteiger partial charge in [0.05, 0.1) is 19.0 Å². The second kappa shape index (κ2) is 7.70. The predicted molar refractivity (Wildman–Crippen MR) is 97.3 cm³/mol. The molecule has 134 valence electrons. The molecule has 1 fully saturated rings. The van der Waals surface area contributed by atoms with E-state index in [9.17, 15) is 4.79 Å². The molecule has 0 atom stereocenters. The summed E-state index contributed by atoms with van der Waals surface area (Å²) >= 11 is 0. The topological polar surface area (TPSA) is 50.6 Å². The van der Waals surface area contributed by atoms with Crippen molar-refractivity contribution in [2.24, 2.45) is 5.92 Å². The lowest BCUT2D eigenvalue weighted by atomic mass is 10.2. The largest absolute Gasteiger partial charge is 0.493 e. The van der Waals surface area contributed by atoms with Gasteiger partial charge in [0.25, 0.3) is 5.91 Å². The van der Waals surface area contributed by atoms with Crippen LogP contribution in [0.1, 0.15) is 24.3 Å². The summed E-state index contributed by atoms with van der Waals surface area (Å²) < 4.78 is 7.09. The van der Waals surface area contributed by atoms with E-state index < -0.39 is 0 Å². The molecule has 2 aromatic rings. The third kappa shape index (κ3) is 4.02. The van der Waals surface area contributed by atoms with Crippen LogP contribution in [0.15, 0.2) is 36.5 Å². The van der Waals surface area contributed by atoms with Gasteiger partial charge < -0.3 is 9.64 Å². The summed E-state index contributed by atoms with van der Waals surface area (Å²) in [7, 11) is 1.57. The maximum atomic E-state index is 12.9. The highest BCUT2D eigenvalue weighted by Gasteiger charge is 2.27. The predicted octanol–water partition coefficient (Wildman–Crippen LogP) is 2.29. The maximum absolute atomic E-state index is 12.9. The van der Waals surface area contributed by atoms with Gasteiger partial charge in [0.1, 0.15) is 0 Å². The number of hydrogen-bond donors (Lipinski definition) is 0. The number of amides is 1. The van der Waals surface area contributed by atoms with Crippen molar-refractivity contribution in [2.45, 2.75) is 13.8 Å². The molecule has 6 nitrogen and oxygen atoms in total. The molecule has 0 spiro atoms. The number of carbonyl (C=O) groups is 1. The second-order valence-corrected chi connectivity index (χ2v) is 6.81. The third-order valence-corrected chi connectivity index (χ3v) is 4.41. The van der Waals surface area contributed by atoms with Gasteiger partial charge in [0.2, 0.25) is 0 Å². The van der Waals surface area contributed by atoms with Crippen LogP contribution in [-0.4, -0.2) is 65.3 Å². The zero-order chi connectivity index (χ0) is 17.8. The van der Waals surface area contributed by atoms with Gasteiger partial charge in [0.15, 0.2) is 11.4 Å². The van der Waals surface area contributed by atoms with Crippen LogP contribution in [0.5, 0.6) is 5.75 Å². The van der Waals surface area contributed by atoms with E-state index in [1.54, 1.807) is 18.0 Å². The van der Waals surface area contributed by atoms with Crippen molar-refractivity contribution in [2.75, 3.05) is 39.8 Å². The van der Waals surface area contributed by atoms with E-state index in [0.717, 1.165) is 38.4 Å². The highest BCUT2D eigenvalue weighted by Crippen LogP contribution is 2.21. The monoisotopic (exact) mass is 342 g/mol. The first-order valence-corrected chi connectivity index (χ1v) is 8.79. The molecule has 0 unspecified atom stereocenters. The average Bonchev–Trinajstić information content (AvgIpc) is 3.06. The fourth-order valence-corrected chi connectivity index (χ4v) is 3.17. The summed E-state index contributed by atoms with van der Waals surface area (Å²) in [5.41, 5.74) is 1.28. The van der Waals surface area contributed by atoms with E-state index in [0.29, 0.717) is 17.4 Å². The molecular formula is C19H26N4O2. The Morgan fingerprint density at radius 1 is 1.16 bits per heavy atom. The summed E-state index contributed by atoms with van der Waals surface area (Å²) in [4.78, 5) is 17.2. The number of para-hydroxylation sites is 1. The SMILES string of the molecule is COc1cn(-c2ccccc2)nc1C(=O)N1CCN(CC(C)C)CC1. The Morgan fingerprint density at radius 2 is 1.84 bits per heavy atom. The Balaban J connectivity index is 1.73. The quantitative estimate of drug-likeness (QED) is 0.837. The lowest BCUT2D eigenvalue weighted by Gasteiger charge is -2.35. The van der Waals surface area contributed by atoms with Crippen molar-refractivity contribution in [1.29, 1.82) is 0 Å². The zero-order valence-corrected chi connectivity index (χ0v) is 15.2. The third-order valence-electron chi connectivity index (χ3n) is 4.41. The van der Waals surface area contributed by atoms with Gasteiger partial charge in [0, 0.05) is 32.7 Å². The van der Waals surface area contributed by atoms with Crippen LogP contribution >= 0.6 is 0 Å². The molecule has 0 N–H and O–H groups in total. The van der Waals surface area contributed by atoms with Gasteiger partial charge >= 0.3 is 0 Å². The first-order chi connectivity index (χ1) is 12.1. The highest BCUT2D eigenvalue weighted by atomic mass is 16.5. The summed E-state index contributed by atoms with van der Waals surface area (Å²) in [5, 5.41) is 4.48. The number of methoxy groups -OCH3 is 1. The molecular weight excluding hydrogens is 316 g/mol. The molecule has 0 saturated carbocycles. The molecule has 1 saturated heterocycles. The van der Waals surface area contributed by atoms with Gasteiger partial charge in [-0.3, -0.25) is 9.69 Å². The number of hydrogen-bond acceptors (Lipinski definition) is 4. The van der Waals surface area contributed by atoms with Gasteiger partial charge in [-0.15, -0.1) is 0 Å². The van der Waals surface area contributed by atoms with E-state index in [2.05, 4.69) is 23.8 Å². The molecule has 1 amide bonds. The zero-order valence-electron chi connectivity index (χ0n) is 15.2. The molecule has 1 aromatic carbocycles. The normalized spacial score (nSPS) is 15.6. The molecule has 1 aromatic heterocycles. The van der Waals surface area contributed by atoms with E-state index >= 15 is 0 Å². The van der Waals surface area contributed by atoms with Crippen LogP contribution in [0, 0.1) is 5.92 Å². The molecule has 0 radical (unpaired) electrons. The average molecular weight is 342 g/mol. The fraction of sp³-hybridized carbons (Fsp3) is 0.474. The Labute approximate surface area is 149 Å². The fourth-order valence-electron chi connectivity index (χ4n) is 3.17. The molecule has 1 aliphatic rings. The minimum atomic E-state index is -0.0595. The van der Waals surface area contributed by atoms with E-state index in [1.165, 1.54) is 0 Å². The van der Waals surface area contributed by atoms with Crippen LogP contribution < -0.4 is 4.74 Å². The van der Waals surface area contributed by atoms with E-state index in [-0.39, 0.29) is 5.91 Å². The molecule has 6 heteroatoms. The minimum Gasteiger partial charge on any atom is -0.493 e. The number of piperazine rings is 1. The first-order valence-electron chi connectivity index (χ1n) is 8.79. The lowest BCUT2D eigenvalue weighted by molar-refractivity contribution is 0.0614. The van der Waals surface area contributed by atoms with Crippen LogP contribution in [0.25, 0.3) is 5.69 Å². The standard InChI is InChI=1S/C19H26N4O2/c1-15(2)13-21-9-11-22(12-10-21)19(24)18-17(25-3)14-23(20-18)16-7-5-4-6-8-16/h4-8,14-15H,9-13H2,1-3H3. The minimum absolute atomic E-state index is 0.0595. The first kappa shape index (κ1) is 17.5. The lowest BCUT2D eigenvalue weighted by Crippen LogP contribution is -2.49. The second-order valence-electron chi connectivity index (χ2n) is 6.81. The Bertz CT molecular complexity index is 703. The summed E-state index contributed by atoms with van der Waals surface area (Å²) in [6, 6.07) is 9.74. The molecule has 0 bridgehead atoms.